The molecule has 1 heterocycles. The lowest BCUT2D eigenvalue weighted by molar-refractivity contribution is -0.132. The van der Waals surface area contributed by atoms with Crippen LogP contribution in [-0.4, -0.2) is 51.2 Å². The van der Waals surface area contributed by atoms with Gasteiger partial charge in [-0.15, -0.1) is 0 Å². The maximum atomic E-state index is 11.3. The van der Waals surface area contributed by atoms with Gasteiger partial charge in [-0.2, -0.15) is 0 Å². The van der Waals surface area contributed by atoms with Gasteiger partial charge < -0.3 is 15.4 Å². The van der Waals surface area contributed by atoms with Crippen molar-refractivity contribution in [3.05, 3.63) is 0 Å². The third kappa shape index (κ3) is 4.87. The number of hydrogen-bond acceptors (Lipinski definition) is 5. The molecule has 1 fully saturated rings. The van der Waals surface area contributed by atoms with Crippen molar-refractivity contribution in [1.29, 1.82) is 0 Å². The zero-order valence-corrected chi connectivity index (χ0v) is 8.84. The van der Waals surface area contributed by atoms with Gasteiger partial charge in [-0.3, -0.25) is 14.9 Å². The highest BCUT2D eigenvalue weighted by Crippen LogP contribution is 1.93. The Bertz CT molecular complexity index is 227. The van der Waals surface area contributed by atoms with Gasteiger partial charge in [0.1, 0.15) is 6.61 Å². The molecule has 0 saturated carbocycles. The summed E-state index contributed by atoms with van der Waals surface area (Å²) in [5, 5.41) is 8.61. The molecule has 1 atom stereocenters. The van der Waals surface area contributed by atoms with Crippen molar-refractivity contribution in [2.45, 2.75) is 12.5 Å². The molecule has 0 aliphatic carbocycles. The molecule has 6 nitrogen and oxygen atoms in total. The number of carbonyl (C=O) groups is 2. The summed E-state index contributed by atoms with van der Waals surface area (Å²) < 4.78 is 4.60. The first-order valence-electron chi connectivity index (χ1n) is 4.98. The van der Waals surface area contributed by atoms with Crippen molar-refractivity contribution in [3.8, 4) is 0 Å². The summed E-state index contributed by atoms with van der Waals surface area (Å²) in [6.07, 6.45) is 0.308. The van der Waals surface area contributed by atoms with Gasteiger partial charge in [0, 0.05) is 39.2 Å². The quantitative estimate of drug-likeness (QED) is 0.517. The Balaban J connectivity index is 2.19. The zero-order chi connectivity index (χ0) is 11.1. The molecule has 3 N–H and O–H groups in total. The second kappa shape index (κ2) is 6.49. The van der Waals surface area contributed by atoms with Crippen molar-refractivity contribution >= 4 is 11.8 Å². The monoisotopic (exact) mass is 215 g/mol. The molecule has 0 aromatic heterocycles. The van der Waals surface area contributed by atoms with Crippen LogP contribution in [0.1, 0.15) is 6.42 Å². The van der Waals surface area contributed by atoms with E-state index >= 15 is 0 Å². The van der Waals surface area contributed by atoms with E-state index in [1.54, 1.807) is 0 Å². The van der Waals surface area contributed by atoms with E-state index in [2.05, 4.69) is 20.7 Å². The molecule has 0 aromatic carbocycles. The third-order valence-corrected chi connectivity index (χ3v) is 2.11. The highest BCUT2D eigenvalue weighted by molar-refractivity contribution is 5.95. The Labute approximate surface area is 88.7 Å². The van der Waals surface area contributed by atoms with Gasteiger partial charge >= 0.3 is 0 Å². The SMILES string of the molecule is COCC(=O)NC(=O)CC1CNCCN1. The number of ether oxygens (including phenoxy) is 1. The molecule has 1 aliphatic heterocycles. The molecular weight excluding hydrogens is 198 g/mol. The van der Waals surface area contributed by atoms with E-state index < -0.39 is 5.91 Å². The Hall–Kier alpha value is -0.980. The Morgan fingerprint density at radius 2 is 2.20 bits per heavy atom. The summed E-state index contributed by atoms with van der Waals surface area (Å²) in [4.78, 5) is 22.3. The van der Waals surface area contributed by atoms with E-state index in [0.717, 1.165) is 19.6 Å². The van der Waals surface area contributed by atoms with Crippen LogP contribution in [0.3, 0.4) is 0 Å². The molecule has 6 heteroatoms. The van der Waals surface area contributed by atoms with Crippen LogP contribution in [0.5, 0.6) is 0 Å². The molecule has 86 valence electrons. The lowest BCUT2D eigenvalue weighted by Crippen LogP contribution is -2.50. The van der Waals surface area contributed by atoms with Gasteiger partial charge in [-0.1, -0.05) is 0 Å². The summed E-state index contributed by atoms with van der Waals surface area (Å²) in [7, 11) is 1.41. The van der Waals surface area contributed by atoms with Crippen molar-refractivity contribution in [3.63, 3.8) is 0 Å². The normalized spacial score (nSPS) is 21.0. The number of carbonyl (C=O) groups excluding carboxylic acids is 2. The first-order valence-corrected chi connectivity index (χ1v) is 4.98. The van der Waals surface area contributed by atoms with Crippen LogP contribution in [0.15, 0.2) is 0 Å². The lowest BCUT2D eigenvalue weighted by atomic mass is 10.1. The summed E-state index contributed by atoms with van der Waals surface area (Å²) in [5.74, 6) is -0.662. The van der Waals surface area contributed by atoms with Gasteiger partial charge in [0.15, 0.2) is 0 Å². The molecule has 1 unspecified atom stereocenters. The predicted octanol–water partition coefficient (Wildman–Crippen LogP) is -1.77. The van der Waals surface area contributed by atoms with Crippen molar-refractivity contribution < 1.29 is 14.3 Å². The first kappa shape index (κ1) is 12.1. The molecule has 1 saturated heterocycles. The fourth-order valence-corrected chi connectivity index (χ4v) is 1.45. The van der Waals surface area contributed by atoms with Crippen LogP contribution >= 0.6 is 0 Å². The highest BCUT2D eigenvalue weighted by atomic mass is 16.5. The summed E-state index contributed by atoms with van der Waals surface area (Å²) in [6, 6.07) is 0.106. The zero-order valence-electron chi connectivity index (χ0n) is 8.84. The first-order chi connectivity index (χ1) is 7.22. The molecular formula is C9H17N3O3. The molecule has 0 spiro atoms. The number of imide groups is 1. The van der Waals surface area contributed by atoms with Gasteiger partial charge in [0.2, 0.25) is 5.91 Å². The fourth-order valence-electron chi connectivity index (χ4n) is 1.45. The number of methoxy groups -OCH3 is 1. The summed E-state index contributed by atoms with van der Waals surface area (Å²) in [5.41, 5.74) is 0. The van der Waals surface area contributed by atoms with Crippen LogP contribution in [-0.2, 0) is 14.3 Å². The van der Waals surface area contributed by atoms with Gasteiger partial charge in [-0.05, 0) is 0 Å². The Morgan fingerprint density at radius 1 is 1.40 bits per heavy atom. The summed E-state index contributed by atoms with van der Waals surface area (Å²) in [6.45, 7) is 2.44. The smallest absolute Gasteiger partial charge is 0.252 e. The van der Waals surface area contributed by atoms with Crippen LogP contribution in [0, 0.1) is 0 Å². The highest BCUT2D eigenvalue weighted by Gasteiger charge is 2.17. The average molecular weight is 215 g/mol. The van der Waals surface area contributed by atoms with Gasteiger partial charge in [0.25, 0.3) is 5.91 Å². The van der Waals surface area contributed by atoms with E-state index in [1.165, 1.54) is 7.11 Å². The lowest BCUT2D eigenvalue weighted by Gasteiger charge is -2.23. The Kier molecular flexibility index (Phi) is 5.23. The van der Waals surface area contributed by atoms with Gasteiger partial charge in [0.05, 0.1) is 0 Å². The maximum absolute atomic E-state index is 11.3. The van der Waals surface area contributed by atoms with E-state index in [9.17, 15) is 9.59 Å². The molecule has 0 bridgehead atoms. The molecule has 0 radical (unpaired) electrons. The van der Waals surface area contributed by atoms with Gasteiger partial charge in [-0.25, -0.2) is 0 Å². The number of rotatable bonds is 4. The maximum Gasteiger partial charge on any atom is 0.252 e. The van der Waals surface area contributed by atoms with Crippen molar-refractivity contribution in [2.24, 2.45) is 0 Å². The predicted molar refractivity (Wildman–Crippen MR) is 54.3 cm³/mol. The van der Waals surface area contributed by atoms with Crippen molar-refractivity contribution in [1.82, 2.24) is 16.0 Å². The van der Waals surface area contributed by atoms with E-state index in [0.29, 0.717) is 6.42 Å². The molecule has 1 aliphatic rings. The van der Waals surface area contributed by atoms with E-state index in [1.807, 2.05) is 0 Å². The average Bonchev–Trinajstić information content (AvgIpc) is 2.19. The fraction of sp³-hybridized carbons (Fsp3) is 0.778. The molecule has 2 amide bonds. The standard InChI is InChI=1S/C9H17N3O3/c1-15-6-9(14)12-8(13)4-7-5-10-2-3-11-7/h7,10-11H,2-6H2,1H3,(H,12,13,14). The van der Waals surface area contributed by atoms with Crippen LogP contribution < -0.4 is 16.0 Å². The largest absolute Gasteiger partial charge is 0.375 e. The van der Waals surface area contributed by atoms with Crippen LogP contribution in [0.4, 0.5) is 0 Å². The van der Waals surface area contributed by atoms with E-state index in [4.69, 9.17) is 0 Å². The summed E-state index contributed by atoms with van der Waals surface area (Å²) >= 11 is 0. The number of amides is 2. The second-order valence-corrected chi connectivity index (χ2v) is 3.46. The Morgan fingerprint density at radius 3 is 2.80 bits per heavy atom. The van der Waals surface area contributed by atoms with Crippen molar-refractivity contribution in [2.75, 3.05) is 33.4 Å². The molecule has 15 heavy (non-hydrogen) atoms. The third-order valence-electron chi connectivity index (χ3n) is 2.11. The minimum atomic E-state index is -0.397. The number of nitrogens with one attached hydrogen (secondary N) is 3. The van der Waals surface area contributed by atoms with Crippen LogP contribution in [0.25, 0.3) is 0 Å². The topological polar surface area (TPSA) is 79.5 Å². The minimum Gasteiger partial charge on any atom is -0.375 e. The van der Waals surface area contributed by atoms with Crippen LogP contribution in [0.2, 0.25) is 0 Å². The minimum absolute atomic E-state index is 0.0813. The molecule has 1 rings (SSSR count). The second-order valence-electron chi connectivity index (χ2n) is 3.46. The molecule has 0 aromatic rings. The number of hydrogen-bond donors (Lipinski definition) is 3. The number of piperazine rings is 1. The van der Waals surface area contributed by atoms with E-state index in [-0.39, 0.29) is 18.6 Å².